The van der Waals surface area contributed by atoms with Crippen molar-refractivity contribution in [2.24, 2.45) is 17.8 Å². The van der Waals surface area contributed by atoms with Crippen LogP contribution in [0.5, 0.6) is 0 Å². The Balaban J connectivity index is 1.64. The lowest BCUT2D eigenvalue weighted by molar-refractivity contribution is -0.136. The van der Waals surface area contributed by atoms with Crippen molar-refractivity contribution in [1.82, 2.24) is 4.98 Å². The molecular formula is C18H23NO2. The third-order valence-corrected chi connectivity index (χ3v) is 5.26. The van der Waals surface area contributed by atoms with Gasteiger partial charge >= 0.3 is 5.97 Å². The van der Waals surface area contributed by atoms with Crippen LogP contribution in [-0.4, -0.2) is 16.1 Å². The van der Waals surface area contributed by atoms with Crippen molar-refractivity contribution in [1.29, 1.82) is 0 Å². The summed E-state index contributed by atoms with van der Waals surface area (Å²) in [5.74, 6) is 2.34. The highest BCUT2D eigenvalue weighted by atomic mass is 16.4. The van der Waals surface area contributed by atoms with E-state index in [1.807, 2.05) is 24.5 Å². The number of allylic oxidation sites excluding steroid dienone is 2. The van der Waals surface area contributed by atoms with Gasteiger partial charge in [-0.2, -0.15) is 0 Å². The number of aliphatic carboxylic acids is 1. The molecule has 3 heteroatoms. The zero-order valence-electron chi connectivity index (χ0n) is 12.3. The van der Waals surface area contributed by atoms with Gasteiger partial charge in [0.1, 0.15) is 0 Å². The maximum atomic E-state index is 10.5. The van der Waals surface area contributed by atoms with Crippen LogP contribution in [-0.2, 0) is 4.79 Å². The van der Waals surface area contributed by atoms with Gasteiger partial charge in [-0.1, -0.05) is 18.2 Å². The van der Waals surface area contributed by atoms with Gasteiger partial charge in [-0.05, 0) is 67.4 Å². The first-order chi connectivity index (χ1) is 10.3. The molecule has 1 heterocycles. The van der Waals surface area contributed by atoms with Gasteiger partial charge in [-0.3, -0.25) is 9.78 Å². The van der Waals surface area contributed by atoms with E-state index in [1.165, 1.54) is 24.8 Å². The van der Waals surface area contributed by atoms with Crippen molar-refractivity contribution in [3.63, 3.8) is 0 Å². The van der Waals surface area contributed by atoms with E-state index in [4.69, 9.17) is 5.11 Å². The van der Waals surface area contributed by atoms with E-state index < -0.39 is 5.97 Å². The van der Waals surface area contributed by atoms with Gasteiger partial charge in [0, 0.05) is 18.8 Å². The van der Waals surface area contributed by atoms with Crippen LogP contribution < -0.4 is 0 Å². The van der Waals surface area contributed by atoms with Crippen molar-refractivity contribution in [3.05, 3.63) is 42.2 Å². The van der Waals surface area contributed by atoms with Gasteiger partial charge in [-0.25, -0.2) is 0 Å². The zero-order valence-corrected chi connectivity index (χ0v) is 12.3. The second-order valence-corrected chi connectivity index (χ2v) is 6.45. The molecule has 2 unspecified atom stereocenters. The number of rotatable bonds is 6. The number of fused-ring (bicyclic) bond motifs is 2. The third-order valence-electron chi connectivity index (χ3n) is 5.26. The summed E-state index contributed by atoms with van der Waals surface area (Å²) in [7, 11) is 0. The van der Waals surface area contributed by atoms with E-state index in [9.17, 15) is 4.79 Å². The Morgan fingerprint density at radius 1 is 1.33 bits per heavy atom. The smallest absolute Gasteiger partial charge is 0.303 e. The van der Waals surface area contributed by atoms with E-state index in [0.29, 0.717) is 18.3 Å². The maximum absolute atomic E-state index is 10.5. The average Bonchev–Trinajstić information content (AvgIpc) is 3.08. The summed E-state index contributed by atoms with van der Waals surface area (Å²) >= 11 is 0. The molecule has 2 aliphatic carbocycles. The van der Waals surface area contributed by atoms with Crippen molar-refractivity contribution in [2.45, 2.75) is 44.4 Å². The molecule has 2 saturated carbocycles. The van der Waals surface area contributed by atoms with Gasteiger partial charge in [-0.15, -0.1) is 0 Å². The van der Waals surface area contributed by atoms with E-state index in [1.54, 1.807) is 0 Å². The van der Waals surface area contributed by atoms with Gasteiger partial charge in [0.05, 0.1) is 0 Å². The Hall–Kier alpha value is -1.64. The lowest BCUT2D eigenvalue weighted by Crippen LogP contribution is -2.20. The second kappa shape index (κ2) is 6.42. The fraction of sp³-hybridized carbons (Fsp3) is 0.556. The van der Waals surface area contributed by atoms with Crippen LogP contribution in [0.25, 0.3) is 0 Å². The molecule has 1 aromatic rings. The molecule has 0 saturated heterocycles. The highest BCUT2D eigenvalue weighted by Crippen LogP contribution is 2.57. The number of pyridine rings is 1. The summed E-state index contributed by atoms with van der Waals surface area (Å²) in [6, 6.07) is 4.26. The topological polar surface area (TPSA) is 50.2 Å². The third kappa shape index (κ3) is 3.17. The number of carboxylic acid groups (broad SMARTS) is 1. The summed E-state index contributed by atoms with van der Waals surface area (Å²) < 4.78 is 0. The first-order valence-electron chi connectivity index (χ1n) is 8.02. The summed E-state index contributed by atoms with van der Waals surface area (Å²) in [6.07, 6.45) is 14.2. The molecule has 0 aliphatic heterocycles. The van der Waals surface area contributed by atoms with Gasteiger partial charge in [0.25, 0.3) is 0 Å². The summed E-state index contributed by atoms with van der Waals surface area (Å²) in [4.78, 5) is 14.8. The first-order valence-corrected chi connectivity index (χ1v) is 8.02. The fourth-order valence-electron chi connectivity index (χ4n) is 4.42. The molecule has 0 radical (unpaired) electrons. The molecule has 0 aromatic carbocycles. The minimum atomic E-state index is -0.715. The number of nitrogens with zero attached hydrogens (tertiary/aromatic N) is 1. The van der Waals surface area contributed by atoms with Gasteiger partial charge in [0.15, 0.2) is 0 Å². The number of carbonyl (C=O) groups is 1. The quantitative estimate of drug-likeness (QED) is 0.803. The van der Waals surface area contributed by atoms with E-state index in [2.05, 4.69) is 17.1 Å². The molecule has 0 amide bonds. The van der Waals surface area contributed by atoms with Crippen molar-refractivity contribution < 1.29 is 9.90 Å². The zero-order chi connectivity index (χ0) is 14.7. The van der Waals surface area contributed by atoms with E-state index in [0.717, 1.165) is 18.3 Å². The Kier molecular flexibility index (Phi) is 4.37. The highest BCUT2D eigenvalue weighted by molar-refractivity contribution is 5.66. The predicted octanol–water partition coefficient (Wildman–Crippen LogP) is 4.02. The Labute approximate surface area is 126 Å². The first kappa shape index (κ1) is 14.3. The lowest BCUT2D eigenvalue weighted by Gasteiger charge is -2.30. The minimum absolute atomic E-state index is 0.235. The summed E-state index contributed by atoms with van der Waals surface area (Å²) in [6.45, 7) is 0. The summed E-state index contributed by atoms with van der Waals surface area (Å²) in [5.41, 5.74) is 1.40. The Morgan fingerprint density at radius 3 is 2.95 bits per heavy atom. The molecule has 1 N–H and O–H groups in total. The SMILES string of the molecule is O=C(O)CC/C=C\C[C@@H]1C2CCC(C2)[C@H]1c1cccnc1. The van der Waals surface area contributed by atoms with Crippen molar-refractivity contribution in [2.75, 3.05) is 0 Å². The molecule has 2 bridgehead atoms. The van der Waals surface area contributed by atoms with Crippen molar-refractivity contribution in [3.8, 4) is 0 Å². The Bertz CT molecular complexity index is 511. The van der Waals surface area contributed by atoms with Crippen LogP contribution in [0.4, 0.5) is 0 Å². The molecule has 3 nitrogen and oxygen atoms in total. The molecule has 21 heavy (non-hydrogen) atoms. The normalized spacial score (nSPS) is 31.0. The maximum Gasteiger partial charge on any atom is 0.303 e. The average molecular weight is 285 g/mol. The fourth-order valence-corrected chi connectivity index (χ4v) is 4.42. The van der Waals surface area contributed by atoms with Crippen LogP contribution in [0.3, 0.4) is 0 Å². The number of aromatic nitrogens is 1. The van der Waals surface area contributed by atoms with Crippen LogP contribution in [0.2, 0.25) is 0 Å². The number of hydrogen-bond donors (Lipinski definition) is 1. The highest BCUT2D eigenvalue weighted by Gasteiger charge is 2.47. The standard InChI is InChI=1S/C18H23NO2/c20-17(21)7-3-1-2-6-16-13-8-9-14(11-13)18(16)15-5-4-10-19-12-15/h1-2,4-5,10,12-14,16,18H,3,6-9,11H2,(H,20,21)/b2-1-/t13?,14?,16-,18+/m1/s1. The molecule has 2 fully saturated rings. The van der Waals surface area contributed by atoms with E-state index >= 15 is 0 Å². The van der Waals surface area contributed by atoms with Gasteiger partial charge < -0.3 is 5.11 Å². The Morgan fingerprint density at radius 2 is 2.19 bits per heavy atom. The molecule has 112 valence electrons. The molecule has 2 aliphatic rings. The monoisotopic (exact) mass is 285 g/mol. The largest absolute Gasteiger partial charge is 0.481 e. The van der Waals surface area contributed by atoms with Crippen LogP contribution >= 0.6 is 0 Å². The van der Waals surface area contributed by atoms with Crippen LogP contribution in [0, 0.1) is 17.8 Å². The number of hydrogen-bond acceptors (Lipinski definition) is 2. The summed E-state index contributed by atoms with van der Waals surface area (Å²) in [5, 5.41) is 8.66. The van der Waals surface area contributed by atoms with Crippen molar-refractivity contribution >= 4 is 5.97 Å². The molecule has 1 aromatic heterocycles. The molecule has 0 spiro atoms. The molecule has 3 rings (SSSR count). The minimum Gasteiger partial charge on any atom is -0.481 e. The van der Waals surface area contributed by atoms with E-state index in [-0.39, 0.29) is 6.42 Å². The second-order valence-electron chi connectivity index (χ2n) is 6.45. The lowest BCUT2D eigenvalue weighted by atomic mass is 9.74. The molecular weight excluding hydrogens is 262 g/mol. The predicted molar refractivity (Wildman–Crippen MR) is 81.9 cm³/mol. The van der Waals surface area contributed by atoms with Gasteiger partial charge in [0.2, 0.25) is 0 Å². The van der Waals surface area contributed by atoms with Crippen LogP contribution in [0.15, 0.2) is 36.7 Å². The molecule has 4 atom stereocenters. The van der Waals surface area contributed by atoms with Crippen LogP contribution in [0.1, 0.15) is 50.0 Å². The number of carboxylic acids is 1.